The lowest BCUT2D eigenvalue weighted by molar-refractivity contribution is -0.137. The van der Waals surface area contributed by atoms with Crippen LogP contribution in [0, 0.1) is 3.70 Å². The Morgan fingerprint density at radius 3 is 2.05 bits per heavy atom. The van der Waals surface area contributed by atoms with Gasteiger partial charge in [-0.2, -0.15) is 13.2 Å². The molecule has 0 aliphatic heterocycles. The summed E-state index contributed by atoms with van der Waals surface area (Å²) in [5.74, 6) is 0. The molecule has 2 rings (SSSR count). The molecule has 0 saturated heterocycles. The van der Waals surface area contributed by atoms with E-state index in [0.717, 1.165) is 12.3 Å². The fourth-order valence-corrected chi connectivity index (χ4v) is 3.42. The lowest BCUT2D eigenvalue weighted by Crippen LogP contribution is -2.09. The highest BCUT2D eigenvalue weighted by atomic mass is 127. The molecule has 0 amide bonds. The summed E-state index contributed by atoms with van der Waals surface area (Å²) in [6.45, 7) is 0. The SMILES string of the molecule is FC(F)(F)c1ccnc(I)c1-c1c(Cl)cc(Cl)cc1Cl. The topological polar surface area (TPSA) is 12.9 Å². The third-order valence-electron chi connectivity index (χ3n) is 2.47. The van der Waals surface area contributed by atoms with Crippen molar-refractivity contribution in [3.8, 4) is 11.1 Å². The molecule has 0 fully saturated rings. The molecule has 20 heavy (non-hydrogen) atoms. The fraction of sp³-hybridized carbons (Fsp3) is 0.0833. The summed E-state index contributed by atoms with van der Waals surface area (Å²) in [7, 11) is 0. The van der Waals surface area contributed by atoms with Crippen molar-refractivity contribution < 1.29 is 13.2 Å². The number of hydrogen-bond donors (Lipinski definition) is 0. The van der Waals surface area contributed by atoms with E-state index in [0.29, 0.717) is 0 Å². The van der Waals surface area contributed by atoms with Crippen LogP contribution in [0.15, 0.2) is 24.4 Å². The van der Waals surface area contributed by atoms with Gasteiger partial charge in [-0.3, -0.25) is 0 Å². The highest BCUT2D eigenvalue weighted by Crippen LogP contribution is 2.44. The number of nitrogens with zero attached hydrogens (tertiary/aromatic N) is 1. The Hall–Kier alpha value is -0.240. The van der Waals surface area contributed by atoms with Crippen LogP contribution in [0.4, 0.5) is 13.2 Å². The zero-order valence-electron chi connectivity index (χ0n) is 9.40. The van der Waals surface area contributed by atoms with Crippen molar-refractivity contribution in [3.63, 3.8) is 0 Å². The van der Waals surface area contributed by atoms with E-state index >= 15 is 0 Å². The summed E-state index contributed by atoms with van der Waals surface area (Å²) in [6.07, 6.45) is -3.45. The van der Waals surface area contributed by atoms with Gasteiger partial charge in [0.1, 0.15) is 3.70 Å². The average Bonchev–Trinajstić information content (AvgIpc) is 2.28. The van der Waals surface area contributed by atoms with Crippen molar-refractivity contribution in [2.75, 3.05) is 0 Å². The predicted molar refractivity (Wildman–Crippen MR) is 82.4 cm³/mol. The van der Waals surface area contributed by atoms with Crippen LogP contribution in [-0.4, -0.2) is 4.98 Å². The van der Waals surface area contributed by atoms with Gasteiger partial charge in [0.05, 0.1) is 15.6 Å². The van der Waals surface area contributed by atoms with Gasteiger partial charge in [0, 0.05) is 22.3 Å². The Balaban J connectivity index is 2.83. The van der Waals surface area contributed by atoms with Gasteiger partial charge in [-0.15, -0.1) is 0 Å². The van der Waals surface area contributed by atoms with E-state index in [9.17, 15) is 13.2 Å². The molecule has 0 bridgehead atoms. The molecule has 1 nitrogen and oxygen atoms in total. The van der Waals surface area contributed by atoms with Gasteiger partial charge < -0.3 is 0 Å². The monoisotopic (exact) mass is 451 g/mol. The molecular weight excluding hydrogens is 448 g/mol. The summed E-state index contributed by atoms with van der Waals surface area (Å²) in [5.41, 5.74) is -0.919. The first kappa shape index (κ1) is 16.1. The van der Waals surface area contributed by atoms with Crippen LogP contribution in [0.3, 0.4) is 0 Å². The van der Waals surface area contributed by atoms with Gasteiger partial charge in [-0.1, -0.05) is 34.8 Å². The molecule has 1 aromatic heterocycles. The number of hydrogen-bond acceptors (Lipinski definition) is 1. The maximum atomic E-state index is 13.1. The molecule has 1 heterocycles. The number of alkyl halides is 3. The summed E-state index contributed by atoms with van der Waals surface area (Å²) in [5, 5.41) is 0.328. The number of benzene rings is 1. The predicted octanol–water partition coefficient (Wildman–Crippen LogP) is 6.33. The van der Waals surface area contributed by atoms with Crippen molar-refractivity contribution in [2.45, 2.75) is 6.18 Å². The summed E-state index contributed by atoms with van der Waals surface area (Å²) in [6, 6.07) is 3.57. The Kier molecular flexibility index (Phi) is 4.73. The Labute approximate surface area is 141 Å². The van der Waals surface area contributed by atoms with Crippen LogP contribution in [0.5, 0.6) is 0 Å². The third-order valence-corrected chi connectivity index (χ3v) is 4.10. The number of halogens is 7. The average molecular weight is 452 g/mol. The lowest BCUT2D eigenvalue weighted by atomic mass is 10.0. The molecule has 8 heteroatoms. The van der Waals surface area contributed by atoms with Crippen LogP contribution in [0.25, 0.3) is 11.1 Å². The minimum Gasteiger partial charge on any atom is -0.250 e. The Bertz CT molecular complexity index is 650. The largest absolute Gasteiger partial charge is 0.417 e. The normalized spacial score (nSPS) is 11.8. The quantitative estimate of drug-likeness (QED) is 0.364. The fourth-order valence-electron chi connectivity index (χ4n) is 1.69. The maximum Gasteiger partial charge on any atom is 0.417 e. The second kappa shape index (κ2) is 5.87. The van der Waals surface area contributed by atoms with E-state index in [4.69, 9.17) is 34.8 Å². The molecule has 106 valence electrons. The molecular formula is C12H4Cl3F3IN. The van der Waals surface area contributed by atoms with Crippen molar-refractivity contribution >= 4 is 57.4 Å². The maximum absolute atomic E-state index is 13.1. The first-order chi connectivity index (χ1) is 9.21. The lowest BCUT2D eigenvalue weighted by Gasteiger charge is -2.16. The van der Waals surface area contributed by atoms with Gasteiger partial charge in [0.2, 0.25) is 0 Å². The van der Waals surface area contributed by atoms with Gasteiger partial charge >= 0.3 is 6.18 Å². The first-order valence-electron chi connectivity index (χ1n) is 5.08. The van der Waals surface area contributed by atoms with Crippen molar-refractivity contribution in [1.29, 1.82) is 0 Å². The first-order valence-corrected chi connectivity index (χ1v) is 7.29. The van der Waals surface area contributed by atoms with Crippen LogP contribution in [-0.2, 0) is 6.18 Å². The van der Waals surface area contributed by atoms with Crippen LogP contribution in [0.2, 0.25) is 15.1 Å². The minimum atomic E-state index is -4.54. The second-order valence-corrected chi connectivity index (χ2v) is 6.04. The zero-order valence-corrected chi connectivity index (χ0v) is 13.8. The van der Waals surface area contributed by atoms with E-state index in [2.05, 4.69) is 4.98 Å². The highest BCUT2D eigenvalue weighted by Gasteiger charge is 2.36. The molecule has 0 saturated carbocycles. The molecule has 0 aliphatic carbocycles. The molecule has 0 radical (unpaired) electrons. The molecule has 2 aromatic rings. The number of pyridine rings is 1. The van der Waals surface area contributed by atoms with E-state index in [1.807, 2.05) is 0 Å². The van der Waals surface area contributed by atoms with E-state index in [1.54, 1.807) is 22.6 Å². The number of aromatic nitrogens is 1. The van der Waals surface area contributed by atoms with Crippen molar-refractivity contribution in [2.24, 2.45) is 0 Å². The molecule has 0 aliphatic rings. The highest BCUT2D eigenvalue weighted by molar-refractivity contribution is 14.1. The molecule has 0 unspecified atom stereocenters. The van der Waals surface area contributed by atoms with Crippen LogP contribution >= 0.6 is 57.4 Å². The molecule has 1 aromatic carbocycles. The van der Waals surface area contributed by atoms with Gasteiger partial charge in [-0.05, 0) is 40.8 Å². The van der Waals surface area contributed by atoms with E-state index < -0.39 is 11.7 Å². The van der Waals surface area contributed by atoms with Gasteiger partial charge in [0.15, 0.2) is 0 Å². The zero-order chi connectivity index (χ0) is 15.1. The molecule has 0 N–H and O–H groups in total. The Morgan fingerprint density at radius 2 is 1.55 bits per heavy atom. The summed E-state index contributed by atoms with van der Waals surface area (Å²) < 4.78 is 39.5. The van der Waals surface area contributed by atoms with E-state index in [-0.39, 0.29) is 29.9 Å². The van der Waals surface area contributed by atoms with Crippen molar-refractivity contribution in [3.05, 3.63) is 48.7 Å². The second-order valence-electron chi connectivity index (χ2n) is 3.77. The smallest absolute Gasteiger partial charge is 0.250 e. The summed E-state index contributed by atoms with van der Waals surface area (Å²) in [4.78, 5) is 3.87. The third kappa shape index (κ3) is 3.16. The Morgan fingerprint density at radius 1 is 1.00 bits per heavy atom. The van der Waals surface area contributed by atoms with Crippen LogP contribution < -0.4 is 0 Å². The van der Waals surface area contributed by atoms with Crippen LogP contribution in [0.1, 0.15) is 5.56 Å². The standard InChI is InChI=1S/C12H4Cl3F3IN/c13-5-3-7(14)10(8(15)4-5)9-6(12(16,17)18)1-2-20-11(9)19/h1-4H. The van der Waals surface area contributed by atoms with Gasteiger partial charge in [0.25, 0.3) is 0 Å². The van der Waals surface area contributed by atoms with Crippen molar-refractivity contribution in [1.82, 2.24) is 4.98 Å². The molecule has 0 spiro atoms. The van der Waals surface area contributed by atoms with E-state index in [1.165, 1.54) is 12.1 Å². The molecule has 0 atom stereocenters. The number of rotatable bonds is 1. The minimum absolute atomic E-state index is 0.0407. The summed E-state index contributed by atoms with van der Waals surface area (Å²) >= 11 is 19.5. The van der Waals surface area contributed by atoms with Gasteiger partial charge in [-0.25, -0.2) is 4.98 Å².